The summed E-state index contributed by atoms with van der Waals surface area (Å²) in [6.07, 6.45) is 1.29. The lowest BCUT2D eigenvalue weighted by Gasteiger charge is -2.19. The molecule has 1 rings (SSSR count). The minimum atomic E-state index is -0.806. The van der Waals surface area contributed by atoms with E-state index in [1.807, 2.05) is 0 Å². The van der Waals surface area contributed by atoms with Gasteiger partial charge in [-0.25, -0.2) is 14.2 Å². The number of carbonyl (C=O) groups is 1. The molecule has 88 valence electrons. The molecule has 1 aromatic rings. The second-order valence-electron chi connectivity index (χ2n) is 4.18. The first kappa shape index (κ1) is 12.4. The maximum absolute atomic E-state index is 13.6. The fourth-order valence-electron chi connectivity index (χ4n) is 1.06. The Bertz CT molecular complexity index is 399. The molecular formula is C11H14FNO3. The van der Waals surface area contributed by atoms with Gasteiger partial charge in [0, 0.05) is 6.20 Å². The number of hydrogen-bond donors (Lipinski definition) is 0. The molecule has 4 nitrogen and oxygen atoms in total. The monoisotopic (exact) mass is 227 g/mol. The van der Waals surface area contributed by atoms with Crippen LogP contribution in [-0.4, -0.2) is 23.7 Å². The van der Waals surface area contributed by atoms with Crippen molar-refractivity contribution in [1.29, 1.82) is 0 Å². The van der Waals surface area contributed by atoms with E-state index in [2.05, 4.69) is 9.72 Å². The van der Waals surface area contributed by atoms with Gasteiger partial charge in [0.25, 0.3) is 5.88 Å². The van der Waals surface area contributed by atoms with E-state index in [1.54, 1.807) is 20.8 Å². The molecule has 0 spiro atoms. The van der Waals surface area contributed by atoms with Crippen LogP contribution in [0.25, 0.3) is 0 Å². The molecule has 0 bridgehead atoms. The second kappa shape index (κ2) is 4.47. The van der Waals surface area contributed by atoms with E-state index in [-0.39, 0.29) is 11.4 Å². The van der Waals surface area contributed by atoms with Crippen LogP contribution >= 0.6 is 0 Å². The number of pyridine rings is 1. The molecular weight excluding hydrogens is 213 g/mol. The Labute approximate surface area is 93.4 Å². The van der Waals surface area contributed by atoms with Crippen molar-refractivity contribution in [2.45, 2.75) is 26.4 Å². The smallest absolute Gasteiger partial charge is 0.341 e. The highest BCUT2D eigenvalue weighted by atomic mass is 19.1. The van der Waals surface area contributed by atoms with Crippen molar-refractivity contribution < 1.29 is 18.7 Å². The number of hydrogen-bond acceptors (Lipinski definition) is 4. The van der Waals surface area contributed by atoms with Gasteiger partial charge in [-0.05, 0) is 26.8 Å². The lowest BCUT2D eigenvalue weighted by Crippen LogP contribution is -2.24. The van der Waals surface area contributed by atoms with Gasteiger partial charge < -0.3 is 9.47 Å². The third-order valence-corrected chi connectivity index (χ3v) is 1.67. The number of rotatable bonds is 2. The van der Waals surface area contributed by atoms with Crippen molar-refractivity contribution in [1.82, 2.24) is 4.98 Å². The van der Waals surface area contributed by atoms with Crippen molar-refractivity contribution in [3.8, 4) is 5.88 Å². The van der Waals surface area contributed by atoms with Crippen molar-refractivity contribution in [2.24, 2.45) is 0 Å². The van der Waals surface area contributed by atoms with Gasteiger partial charge in [0.05, 0.1) is 7.11 Å². The normalized spacial score (nSPS) is 11.1. The maximum atomic E-state index is 13.6. The maximum Gasteiger partial charge on any atom is 0.341 e. The number of ether oxygens (including phenoxy) is 2. The van der Waals surface area contributed by atoms with Crippen molar-refractivity contribution in [2.75, 3.05) is 7.11 Å². The van der Waals surface area contributed by atoms with Crippen LogP contribution in [0.3, 0.4) is 0 Å². The van der Waals surface area contributed by atoms with Crippen molar-refractivity contribution in [3.63, 3.8) is 0 Å². The van der Waals surface area contributed by atoms with Crippen LogP contribution < -0.4 is 4.74 Å². The second-order valence-corrected chi connectivity index (χ2v) is 4.18. The number of aromatic nitrogens is 1. The summed E-state index contributed by atoms with van der Waals surface area (Å²) in [7, 11) is 1.28. The van der Waals surface area contributed by atoms with E-state index in [9.17, 15) is 9.18 Å². The summed E-state index contributed by atoms with van der Waals surface area (Å²) in [6, 6.07) is 1.26. The van der Waals surface area contributed by atoms with Crippen LogP contribution in [-0.2, 0) is 4.74 Å². The number of nitrogens with zero attached hydrogens (tertiary/aromatic N) is 1. The molecule has 0 unspecified atom stereocenters. The Morgan fingerprint density at radius 1 is 1.44 bits per heavy atom. The summed E-state index contributed by atoms with van der Waals surface area (Å²) in [6.45, 7) is 5.13. The Morgan fingerprint density at radius 2 is 2.06 bits per heavy atom. The van der Waals surface area contributed by atoms with E-state index in [0.717, 1.165) is 0 Å². The first-order valence-corrected chi connectivity index (χ1v) is 4.77. The van der Waals surface area contributed by atoms with Gasteiger partial charge in [0.15, 0.2) is 5.82 Å². The van der Waals surface area contributed by atoms with E-state index in [1.165, 1.54) is 19.4 Å². The van der Waals surface area contributed by atoms with E-state index in [0.29, 0.717) is 0 Å². The zero-order chi connectivity index (χ0) is 12.3. The molecule has 0 aliphatic heterocycles. The first-order valence-electron chi connectivity index (χ1n) is 4.77. The van der Waals surface area contributed by atoms with Gasteiger partial charge in [0.2, 0.25) is 0 Å². The minimum absolute atomic E-state index is 0.179. The summed E-state index contributed by atoms with van der Waals surface area (Å²) in [5, 5.41) is 0. The predicted octanol–water partition coefficient (Wildman–Crippen LogP) is 2.18. The average Bonchev–Trinajstić information content (AvgIpc) is 2.15. The van der Waals surface area contributed by atoms with Crippen molar-refractivity contribution >= 4 is 5.97 Å². The molecule has 0 radical (unpaired) electrons. The molecule has 0 atom stereocenters. The summed E-state index contributed by atoms with van der Waals surface area (Å²) in [5.41, 5.74) is -0.846. The third-order valence-electron chi connectivity index (χ3n) is 1.67. The largest absolute Gasteiger partial charge is 0.479 e. The number of esters is 1. The summed E-state index contributed by atoms with van der Waals surface area (Å²) >= 11 is 0. The Kier molecular flexibility index (Phi) is 3.47. The minimum Gasteiger partial charge on any atom is -0.479 e. The molecule has 0 saturated carbocycles. The molecule has 1 aromatic heterocycles. The van der Waals surface area contributed by atoms with Crippen LogP contribution in [0.15, 0.2) is 12.3 Å². The Balaban J connectivity index is 3.01. The lowest BCUT2D eigenvalue weighted by molar-refractivity contribution is 0.00637. The zero-order valence-electron chi connectivity index (χ0n) is 9.70. The zero-order valence-corrected chi connectivity index (χ0v) is 9.70. The van der Waals surface area contributed by atoms with Gasteiger partial charge >= 0.3 is 5.97 Å². The Morgan fingerprint density at radius 3 is 2.56 bits per heavy atom. The van der Waals surface area contributed by atoms with Crippen LogP contribution in [0.4, 0.5) is 4.39 Å². The highest BCUT2D eigenvalue weighted by Gasteiger charge is 2.22. The predicted molar refractivity (Wildman–Crippen MR) is 55.9 cm³/mol. The van der Waals surface area contributed by atoms with E-state index in [4.69, 9.17) is 4.74 Å². The summed E-state index contributed by atoms with van der Waals surface area (Å²) in [5.74, 6) is -1.76. The molecule has 0 saturated heterocycles. The van der Waals surface area contributed by atoms with Crippen LogP contribution in [0.2, 0.25) is 0 Å². The van der Waals surface area contributed by atoms with Gasteiger partial charge in [-0.1, -0.05) is 0 Å². The summed E-state index contributed by atoms with van der Waals surface area (Å²) in [4.78, 5) is 15.2. The standard InChI is InChI=1S/C11H14FNO3/c1-11(2,3)16-10(14)7-5-6-13-9(15-4)8(7)12/h5-6H,1-4H3. The molecule has 16 heavy (non-hydrogen) atoms. The van der Waals surface area contributed by atoms with Crippen molar-refractivity contribution in [3.05, 3.63) is 23.6 Å². The van der Waals surface area contributed by atoms with Crippen LogP contribution in [0, 0.1) is 5.82 Å². The molecule has 0 amide bonds. The third kappa shape index (κ3) is 2.92. The number of methoxy groups -OCH3 is 1. The quantitative estimate of drug-likeness (QED) is 0.726. The molecule has 5 heteroatoms. The number of carbonyl (C=O) groups excluding carboxylic acids is 1. The molecule has 0 aliphatic rings. The topological polar surface area (TPSA) is 48.4 Å². The number of halogens is 1. The SMILES string of the molecule is COc1nccc(C(=O)OC(C)(C)C)c1F. The van der Waals surface area contributed by atoms with Crippen LogP contribution in [0.1, 0.15) is 31.1 Å². The lowest BCUT2D eigenvalue weighted by atomic mass is 10.2. The van der Waals surface area contributed by atoms with Gasteiger partial charge in [0.1, 0.15) is 11.2 Å². The molecule has 0 N–H and O–H groups in total. The fourth-order valence-corrected chi connectivity index (χ4v) is 1.06. The summed E-state index contributed by atoms with van der Waals surface area (Å²) < 4.78 is 23.3. The average molecular weight is 227 g/mol. The van der Waals surface area contributed by atoms with Gasteiger partial charge in [-0.15, -0.1) is 0 Å². The molecule has 0 fully saturated rings. The Hall–Kier alpha value is -1.65. The molecule has 0 aliphatic carbocycles. The molecule has 1 heterocycles. The first-order chi connectivity index (χ1) is 7.35. The van der Waals surface area contributed by atoms with Gasteiger partial charge in [-0.2, -0.15) is 0 Å². The van der Waals surface area contributed by atoms with E-state index < -0.39 is 17.4 Å². The highest BCUT2D eigenvalue weighted by molar-refractivity contribution is 5.90. The molecule has 0 aromatic carbocycles. The van der Waals surface area contributed by atoms with E-state index >= 15 is 0 Å². The van der Waals surface area contributed by atoms with Gasteiger partial charge in [-0.3, -0.25) is 0 Å². The highest BCUT2D eigenvalue weighted by Crippen LogP contribution is 2.19. The van der Waals surface area contributed by atoms with Crippen LogP contribution in [0.5, 0.6) is 5.88 Å². The fraction of sp³-hybridized carbons (Fsp3) is 0.455.